The summed E-state index contributed by atoms with van der Waals surface area (Å²) >= 11 is 0. The van der Waals surface area contributed by atoms with Crippen LogP contribution in [0.15, 0.2) is 65.6 Å². The number of nitrogens with one attached hydrogen (secondary N) is 1. The van der Waals surface area contributed by atoms with Crippen LogP contribution in [0.25, 0.3) is 0 Å². The fraction of sp³-hybridized carbons (Fsp3) is 0.208. The fourth-order valence-electron chi connectivity index (χ4n) is 3.64. The molecule has 4 rings (SSSR count). The third-order valence-electron chi connectivity index (χ3n) is 5.53. The van der Waals surface area contributed by atoms with Gasteiger partial charge in [0.25, 0.3) is 10.0 Å². The standard InChI is InChI=1S/C24H24N2O4S/c1-16-5-4-6-24(17(16)2)30-21-9-7-20(8-10-21)25-31(28,29)22-11-12-23-19(15-22)13-14-26(23)18(3)27/h4-12,15,25H,13-14H2,1-3H3. The van der Waals surface area contributed by atoms with E-state index in [0.717, 1.165) is 28.1 Å². The maximum absolute atomic E-state index is 12.9. The summed E-state index contributed by atoms with van der Waals surface area (Å²) in [7, 11) is -3.75. The molecule has 7 heteroatoms. The van der Waals surface area contributed by atoms with E-state index >= 15 is 0 Å². The molecule has 0 aliphatic carbocycles. The zero-order valence-electron chi connectivity index (χ0n) is 17.7. The highest BCUT2D eigenvalue weighted by Gasteiger charge is 2.24. The van der Waals surface area contributed by atoms with Gasteiger partial charge in [-0.3, -0.25) is 9.52 Å². The summed E-state index contributed by atoms with van der Waals surface area (Å²) < 4.78 is 34.2. The molecule has 1 N–H and O–H groups in total. The average Bonchev–Trinajstić information content (AvgIpc) is 3.16. The molecule has 0 saturated carbocycles. The minimum Gasteiger partial charge on any atom is -0.457 e. The third kappa shape index (κ3) is 4.27. The number of hydrogen-bond donors (Lipinski definition) is 1. The van der Waals surface area contributed by atoms with Gasteiger partial charge in [0.15, 0.2) is 0 Å². The first-order valence-corrected chi connectivity index (χ1v) is 11.5. The number of benzene rings is 3. The summed E-state index contributed by atoms with van der Waals surface area (Å²) in [6.45, 7) is 6.11. The van der Waals surface area contributed by atoms with E-state index in [1.165, 1.54) is 13.0 Å². The Morgan fingerprint density at radius 3 is 2.48 bits per heavy atom. The van der Waals surface area contributed by atoms with E-state index in [2.05, 4.69) is 4.72 Å². The summed E-state index contributed by atoms with van der Waals surface area (Å²) in [5.41, 5.74) is 4.28. The van der Waals surface area contributed by atoms with E-state index in [4.69, 9.17) is 4.74 Å². The van der Waals surface area contributed by atoms with Crippen LogP contribution in [0, 0.1) is 13.8 Å². The Labute approximate surface area is 182 Å². The Kier molecular flexibility index (Phi) is 5.45. The van der Waals surface area contributed by atoms with Gasteiger partial charge in [0.1, 0.15) is 11.5 Å². The number of hydrogen-bond acceptors (Lipinski definition) is 4. The number of amides is 1. The minimum atomic E-state index is -3.75. The van der Waals surface area contributed by atoms with Crippen LogP contribution in [-0.2, 0) is 21.2 Å². The lowest BCUT2D eigenvalue weighted by Crippen LogP contribution is -2.25. The maximum atomic E-state index is 12.9. The highest BCUT2D eigenvalue weighted by atomic mass is 32.2. The number of carbonyl (C=O) groups excluding carboxylic acids is 1. The normalized spacial score (nSPS) is 13.1. The molecule has 160 valence electrons. The first-order valence-electron chi connectivity index (χ1n) is 10.0. The molecule has 0 saturated heterocycles. The topological polar surface area (TPSA) is 75.7 Å². The molecule has 0 atom stereocenters. The Morgan fingerprint density at radius 2 is 1.77 bits per heavy atom. The molecule has 0 fully saturated rings. The van der Waals surface area contributed by atoms with E-state index in [9.17, 15) is 13.2 Å². The molecule has 0 spiro atoms. The highest BCUT2D eigenvalue weighted by Crippen LogP contribution is 2.31. The number of carbonyl (C=O) groups is 1. The smallest absolute Gasteiger partial charge is 0.261 e. The van der Waals surface area contributed by atoms with Crippen molar-refractivity contribution >= 4 is 27.3 Å². The van der Waals surface area contributed by atoms with Crippen molar-refractivity contribution in [2.24, 2.45) is 0 Å². The Morgan fingerprint density at radius 1 is 1.03 bits per heavy atom. The second kappa shape index (κ2) is 8.07. The number of nitrogens with zero attached hydrogens (tertiary/aromatic N) is 1. The first kappa shape index (κ1) is 20.9. The fourth-order valence-corrected chi connectivity index (χ4v) is 4.75. The maximum Gasteiger partial charge on any atom is 0.261 e. The SMILES string of the molecule is CC(=O)N1CCc2cc(S(=O)(=O)Nc3ccc(Oc4cccc(C)c4C)cc3)ccc21. The number of fused-ring (bicyclic) bond motifs is 1. The van der Waals surface area contributed by atoms with E-state index in [1.54, 1.807) is 41.3 Å². The molecule has 3 aromatic carbocycles. The van der Waals surface area contributed by atoms with Crippen LogP contribution in [0.1, 0.15) is 23.6 Å². The average molecular weight is 437 g/mol. The lowest BCUT2D eigenvalue weighted by molar-refractivity contribution is -0.116. The molecule has 1 heterocycles. The number of ether oxygens (including phenoxy) is 1. The van der Waals surface area contributed by atoms with Crippen molar-refractivity contribution in [2.75, 3.05) is 16.2 Å². The molecule has 31 heavy (non-hydrogen) atoms. The van der Waals surface area contributed by atoms with E-state index in [0.29, 0.717) is 24.4 Å². The van der Waals surface area contributed by atoms with Gasteiger partial charge in [-0.05, 0) is 85.5 Å². The van der Waals surface area contributed by atoms with Crippen LogP contribution in [0.3, 0.4) is 0 Å². The van der Waals surface area contributed by atoms with Gasteiger partial charge in [0.2, 0.25) is 5.91 Å². The van der Waals surface area contributed by atoms with Gasteiger partial charge in [-0.1, -0.05) is 12.1 Å². The zero-order valence-corrected chi connectivity index (χ0v) is 18.5. The van der Waals surface area contributed by atoms with Crippen LogP contribution >= 0.6 is 0 Å². The van der Waals surface area contributed by atoms with Crippen molar-refractivity contribution < 1.29 is 17.9 Å². The van der Waals surface area contributed by atoms with Crippen molar-refractivity contribution in [1.82, 2.24) is 0 Å². The zero-order chi connectivity index (χ0) is 22.2. The van der Waals surface area contributed by atoms with Crippen LogP contribution < -0.4 is 14.4 Å². The number of sulfonamides is 1. The second-order valence-corrected chi connectivity index (χ2v) is 9.32. The first-order chi connectivity index (χ1) is 14.7. The van der Waals surface area contributed by atoms with Gasteiger partial charge < -0.3 is 9.64 Å². The highest BCUT2D eigenvalue weighted by molar-refractivity contribution is 7.92. The monoisotopic (exact) mass is 436 g/mol. The summed E-state index contributed by atoms with van der Waals surface area (Å²) in [5, 5.41) is 0. The molecule has 3 aromatic rings. The van der Waals surface area contributed by atoms with Crippen molar-refractivity contribution in [1.29, 1.82) is 0 Å². The summed E-state index contributed by atoms with van der Waals surface area (Å²) in [6.07, 6.45) is 0.642. The van der Waals surface area contributed by atoms with Crippen LogP contribution in [0.5, 0.6) is 11.5 Å². The van der Waals surface area contributed by atoms with Gasteiger partial charge in [-0.25, -0.2) is 8.42 Å². The van der Waals surface area contributed by atoms with E-state index in [1.807, 2.05) is 32.0 Å². The van der Waals surface area contributed by atoms with Crippen LogP contribution in [0.4, 0.5) is 11.4 Å². The third-order valence-corrected chi connectivity index (χ3v) is 6.91. The number of aryl methyl sites for hydroxylation is 1. The minimum absolute atomic E-state index is 0.0457. The predicted molar refractivity (Wildman–Crippen MR) is 121 cm³/mol. The Bertz CT molecular complexity index is 1250. The number of anilines is 2. The second-order valence-electron chi connectivity index (χ2n) is 7.64. The Balaban J connectivity index is 1.50. The van der Waals surface area contributed by atoms with Gasteiger partial charge in [-0.15, -0.1) is 0 Å². The van der Waals surface area contributed by atoms with Crippen molar-refractivity contribution in [3.8, 4) is 11.5 Å². The largest absolute Gasteiger partial charge is 0.457 e. The lowest BCUT2D eigenvalue weighted by atomic mass is 10.1. The summed E-state index contributed by atoms with van der Waals surface area (Å²) in [5.74, 6) is 1.35. The van der Waals surface area contributed by atoms with Crippen molar-refractivity contribution in [3.05, 3.63) is 77.4 Å². The molecule has 1 aliphatic heterocycles. The lowest BCUT2D eigenvalue weighted by Gasteiger charge is -2.15. The Hall–Kier alpha value is -3.32. The van der Waals surface area contributed by atoms with Crippen molar-refractivity contribution in [3.63, 3.8) is 0 Å². The predicted octanol–water partition coefficient (Wildman–Crippen LogP) is 4.81. The van der Waals surface area contributed by atoms with Gasteiger partial charge >= 0.3 is 0 Å². The van der Waals surface area contributed by atoms with Crippen LogP contribution in [-0.4, -0.2) is 20.9 Å². The molecular formula is C24H24N2O4S. The molecule has 0 radical (unpaired) electrons. The molecular weight excluding hydrogens is 412 g/mol. The van der Waals surface area contributed by atoms with Gasteiger partial charge in [-0.2, -0.15) is 0 Å². The summed E-state index contributed by atoms with van der Waals surface area (Å²) in [6, 6.07) is 17.5. The quantitative estimate of drug-likeness (QED) is 0.623. The molecule has 0 bridgehead atoms. The molecule has 1 amide bonds. The molecule has 0 unspecified atom stereocenters. The van der Waals surface area contributed by atoms with E-state index < -0.39 is 10.0 Å². The molecule has 0 aromatic heterocycles. The van der Waals surface area contributed by atoms with Gasteiger partial charge in [0.05, 0.1) is 4.90 Å². The van der Waals surface area contributed by atoms with E-state index in [-0.39, 0.29) is 10.8 Å². The number of rotatable bonds is 5. The van der Waals surface area contributed by atoms with Gasteiger partial charge in [0, 0.05) is 24.8 Å². The van der Waals surface area contributed by atoms with Crippen molar-refractivity contribution in [2.45, 2.75) is 32.1 Å². The summed E-state index contributed by atoms with van der Waals surface area (Å²) in [4.78, 5) is 13.5. The molecule has 1 aliphatic rings. The molecule has 6 nitrogen and oxygen atoms in total. The van der Waals surface area contributed by atoms with Crippen LogP contribution in [0.2, 0.25) is 0 Å².